The lowest BCUT2D eigenvalue weighted by Crippen LogP contribution is -2.25. The van der Waals surface area contributed by atoms with E-state index in [9.17, 15) is 0 Å². The molecule has 0 aromatic carbocycles. The van der Waals surface area contributed by atoms with Gasteiger partial charge in [-0.1, -0.05) is 0 Å². The first-order valence-electron chi connectivity index (χ1n) is 5.00. The predicted octanol–water partition coefficient (Wildman–Crippen LogP) is 0.261. The third-order valence-electron chi connectivity index (χ3n) is 2.49. The van der Waals surface area contributed by atoms with Crippen LogP contribution in [0.15, 0.2) is 0 Å². The van der Waals surface area contributed by atoms with E-state index in [4.69, 9.17) is 10.5 Å². The fourth-order valence-electron chi connectivity index (χ4n) is 1.73. The summed E-state index contributed by atoms with van der Waals surface area (Å²) in [5, 5.41) is 4.37. The number of fused-ring (bicyclic) bond motifs is 1. The fourth-order valence-corrected chi connectivity index (χ4v) is 1.73. The van der Waals surface area contributed by atoms with Crippen LogP contribution in [0.1, 0.15) is 30.7 Å². The second-order valence-electron chi connectivity index (χ2n) is 3.59. The Bertz CT molecular complexity index is 310. The summed E-state index contributed by atoms with van der Waals surface area (Å²) in [5.41, 5.74) is 5.92. The average molecular weight is 196 g/mol. The highest BCUT2D eigenvalue weighted by Crippen LogP contribution is 2.18. The molecule has 1 aromatic heterocycles. The molecule has 2 heterocycles. The molecule has 78 valence electrons. The minimum atomic E-state index is 0.0162. The summed E-state index contributed by atoms with van der Waals surface area (Å²) < 4.78 is 6.84. The standard InChI is InChI=1S/C9H16N4O/c1-14-6-5-8-11-9-4-2-3-7(10)13(9)12-8/h7H,2-6,10H2,1H3. The molecule has 0 aliphatic carbocycles. The summed E-state index contributed by atoms with van der Waals surface area (Å²) in [6.07, 6.45) is 3.89. The van der Waals surface area contributed by atoms with Gasteiger partial charge in [0.15, 0.2) is 5.82 Å². The van der Waals surface area contributed by atoms with Gasteiger partial charge in [-0.25, -0.2) is 9.67 Å². The number of nitrogens with zero attached hydrogens (tertiary/aromatic N) is 3. The summed E-state index contributed by atoms with van der Waals surface area (Å²) in [7, 11) is 1.68. The summed E-state index contributed by atoms with van der Waals surface area (Å²) in [6.45, 7) is 0.665. The maximum atomic E-state index is 5.92. The van der Waals surface area contributed by atoms with Gasteiger partial charge in [-0.2, -0.15) is 5.10 Å². The van der Waals surface area contributed by atoms with Crippen LogP contribution in [-0.2, 0) is 17.6 Å². The van der Waals surface area contributed by atoms with Gasteiger partial charge in [0.2, 0.25) is 0 Å². The number of hydrogen-bond donors (Lipinski definition) is 1. The number of ether oxygens (including phenoxy) is 1. The van der Waals surface area contributed by atoms with E-state index < -0.39 is 0 Å². The molecule has 0 spiro atoms. The SMILES string of the molecule is COCCc1nc2n(n1)C(N)CCC2. The van der Waals surface area contributed by atoms with Gasteiger partial charge in [-0.15, -0.1) is 0 Å². The molecule has 2 rings (SSSR count). The van der Waals surface area contributed by atoms with Crippen LogP contribution in [0.4, 0.5) is 0 Å². The van der Waals surface area contributed by atoms with E-state index in [1.54, 1.807) is 7.11 Å². The fraction of sp³-hybridized carbons (Fsp3) is 0.778. The zero-order valence-corrected chi connectivity index (χ0v) is 8.44. The van der Waals surface area contributed by atoms with Gasteiger partial charge in [0, 0.05) is 20.0 Å². The van der Waals surface area contributed by atoms with Gasteiger partial charge < -0.3 is 10.5 Å². The van der Waals surface area contributed by atoms with Crippen molar-refractivity contribution in [2.45, 2.75) is 31.8 Å². The Labute approximate surface area is 83.3 Å². The second kappa shape index (κ2) is 4.06. The van der Waals surface area contributed by atoms with Crippen LogP contribution >= 0.6 is 0 Å². The molecule has 0 amide bonds. The van der Waals surface area contributed by atoms with Gasteiger partial charge in [-0.05, 0) is 12.8 Å². The molecule has 1 aliphatic heterocycles. The summed E-state index contributed by atoms with van der Waals surface area (Å²) in [6, 6.07) is 0. The summed E-state index contributed by atoms with van der Waals surface area (Å²) in [5.74, 6) is 1.87. The molecule has 1 aliphatic rings. The summed E-state index contributed by atoms with van der Waals surface area (Å²) in [4.78, 5) is 4.43. The summed E-state index contributed by atoms with van der Waals surface area (Å²) >= 11 is 0. The molecule has 5 nitrogen and oxygen atoms in total. The molecular formula is C9H16N4O. The van der Waals surface area contributed by atoms with Gasteiger partial charge in [0.25, 0.3) is 0 Å². The first kappa shape index (κ1) is 9.61. The number of methoxy groups -OCH3 is 1. The Hall–Kier alpha value is -0.940. The van der Waals surface area contributed by atoms with Crippen LogP contribution in [0.5, 0.6) is 0 Å². The van der Waals surface area contributed by atoms with Crippen molar-refractivity contribution >= 4 is 0 Å². The van der Waals surface area contributed by atoms with Crippen molar-refractivity contribution in [3.8, 4) is 0 Å². The average Bonchev–Trinajstić information content (AvgIpc) is 2.59. The van der Waals surface area contributed by atoms with Crippen molar-refractivity contribution in [3.05, 3.63) is 11.6 Å². The molecule has 14 heavy (non-hydrogen) atoms. The molecule has 0 saturated carbocycles. The highest BCUT2D eigenvalue weighted by molar-refractivity contribution is 4.97. The monoisotopic (exact) mass is 196 g/mol. The van der Waals surface area contributed by atoms with E-state index in [0.717, 1.165) is 37.3 Å². The minimum Gasteiger partial charge on any atom is -0.384 e. The zero-order valence-electron chi connectivity index (χ0n) is 8.44. The minimum absolute atomic E-state index is 0.0162. The van der Waals surface area contributed by atoms with Crippen LogP contribution < -0.4 is 5.73 Å². The van der Waals surface area contributed by atoms with Gasteiger partial charge in [0.05, 0.1) is 6.61 Å². The Morgan fingerprint density at radius 3 is 3.21 bits per heavy atom. The molecule has 0 bridgehead atoms. The van der Waals surface area contributed by atoms with Crippen LogP contribution in [-0.4, -0.2) is 28.5 Å². The van der Waals surface area contributed by atoms with Crippen molar-refractivity contribution in [3.63, 3.8) is 0 Å². The van der Waals surface area contributed by atoms with E-state index in [0.29, 0.717) is 6.61 Å². The highest BCUT2D eigenvalue weighted by Gasteiger charge is 2.19. The first-order chi connectivity index (χ1) is 6.81. The molecule has 2 N–H and O–H groups in total. The van der Waals surface area contributed by atoms with Crippen LogP contribution in [0.3, 0.4) is 0 Å². The van der Waals surface area contributed by atoms with Crippen molar-refractivity contribution in [1.82, 2.24) is 14.8 Å². The second-order valence-corrected chi connectivity index (χ2v) is 3.59. The lowest BCUT2D eigenvalue weighted by molar-refractivity contribution is 0.200. The molecule has 1 aromatic rings. The highest BCUT2D eigenvalue weighted by atomic mass is 16.5. The largest absolute Gasteiger partial charge is 0.384 e. The van der Waals surface area contributed by atoms with Gasteiger partial charge in [0.1, 0.15) is 12.0 Å². The zero-order chi connectivity index (χ0) is 9.97. The molecule has 1 unspecified atom stereocenters. The quantitative estimate of drug-likeness (QED) is 0.753. The molecular weight excluding hydrogens is 180 g/mol. The Morgan fingerprint density at radius 2 is 2.50 bits per heavy atom. The molecule has 0 radical (unpaired) electrons. The number of nitrogens with two attached hydrogens (primary N) is 1. The van der Waals surface area contributed by atoms with E-state index >= 15 is 0 Å². The van der Waals surface area contributed by atoms with Gasteiger partial charge >= 0.3 is 0 Å². The number of rotatable bonds is 3. The van der Waals surface area contributed by atoms with E-state index in [1.807, 2.05) is 4.68 Å². The lowest BCUT2D eigenvalue weighted by atomic mass is 10.1. The smallest absolute Gasteiger partial charge is 0.153 e. The van der Waals surface area contributed by atoms with Crippen LogP contribution in [0.25, 0.3) is 0 Å². The van der Waals surface area contributed by atoms with Crippen LogP contribution in [0, 0.1) is 0 Å². The van der Waals surface area contributed by atoms with Crippen LogP contribution in [0.2, 0.25) is 0 Å². The lowest BCUT2D eigenvalue weighted by Gasteiger charge is -2.18. The third kappa shape index (κ3) is 1.78. The Morgan fingerprint density at radius 1 is 1.64 bits per heavy atom. The predicted molar refractivity (Wildman–Crippen MR) is 51.8 cm³/mol. The maximum Gasteiger partial charge on any atom is 0.153 e. The third-order valence-corrected chi connectivity index (χ3v) is 2.49. The van der Waals surface area contributed by atoms with Gasteiger partial charge in [-0.3, -0.25) is 0 Å². The number of hydrogen-bond acceptors (Lipinski definition) is 4. The molecule has 0 saturated heterocycles. The molecule has 0 fully saturated rings. The van der Waals surface area contributed by atoms with Crippen molar-refractivity contribution in [2.24, 2.45) is 5.73 Å². The normalized spacial score (nSPS) is 20.9. The van der Waals surface area contributed by atoms with E-state index in [-0.39, 0.29) is 6.17 Å². The molecule has 5 heteroatoms. The Balaban J connectivity index is 2.13. The Kier molecular flexibility index (Phi) is 2.79. The number of aromatic nitrogens is 3. The number of aryl methyl sites for hydroxylation is 1. The van der Waals surface area contributed by atoms with Crippen molar-refractivity contribution < 1.29 is 4.74 Å². The van der Waals surface area contributed by atoms with Crippen molar-refractivity contribution in [1.29, 1.82) is 0 Å². The maximum absolute atomic E-state index is 5.92. The van der Waals surface area contributed by atoms with E-state index in [2.05, 4.69) is 10.1 Å². The van der Waals surface area contributed by atoms with Crippen molar-refractivity contribution in [2.75, 3.05) is 13.7 Å². The molecule has 1 atom stereocenters. The van der Waals surface area contributed by atoms with E-state index in [1.165, 1.54) is 0 Å². The topological polar surface area (TPSA) is 66.0 Å². The first-order valence-corrected chi connectivity index (χ1v) is 5.00.